The summed E-state index contributed by atoms with van der Waals surface area (Å²) < 4.78 is 11.2. The first kappa shape index (κ1) is 29.4. The number of fused-ring (bicyclic) bond motifs is 1. The minimum atomic E-state index is -0.0551. The van der Waals surface area contributed by atoms with E-state index in [-0.39, 0.29) is 5.56 Å². The number of aromatic amines is 1. The molecule has 2 aliphatic rings. The van der Waals surface area contributed by atoms with Crippen molar-refractivity contribution in [2.45, 2.75) is 52.7 Å². The molecule has 43 heavy (non-hydrogen) atoms. The zero-order valence-corrected chi connectivity index (χ0v) is 25.6. The summed E-state index contributed by atoms with van der Waals surface area (Å²) >= 11 is 0. The standard InChI is InChI=1S/C35H43N5O3/c1-4-40(29-10-15-42-16-11-29)33-21-28(27-7-5-26(6-8-27)23-39-13-17-43-18-14-39)20-31-30(33)9-12-36-34(31)37-22-32-24(2)19-25(3)38-35(32)41/h5-9,12,19-21,29H,4,10-11,13-18,22-23H2,1-3H3,(H,36,37)(H,38,41). The summed E-state index contributed by atoms with van der Waals surface area (Å²) in [5.41, 5.74) is 7.39. The van der Waals surface area contributed by atoms with Crippen molar-refractivity contribution >= 4 is 22.3 Å². The number of rotatable bonds is 9. The van der Waals surface area contributed by atoms with Crippen LogP contribution in [0.2, 0.25) is 0 Å². The van der Waals surface area contributed by atoms with Crippen molar-refractivity contribution in [3.8, 4) is 11.1 Å². The Kier molecular flexibility index (Phi) is 9.07. The molecule has 0 aliphatic carbocycles. The summed E-state index contributed by atoms with van der Waals surface area (Å²) in [5, 5.41) is 5.73. The maximum Gasteiger partial charge on any atom is 0.253 e. The van der Waals surface area contributed by atoms with E-state index in [0.29, 0.717) is 12.6 Å². The van der Waals surface area contributed by atoms with Gasteiger partial charge in [-0.15, -0.1) is 0 Å². The van der Waals surface area contributed by atoms with Crippen LogP contribution in [0.15, 0.2) is 59.5 Å². The lowest BCUT2D eigenvalue weighted by molar-refractivity contribution is 0.0342. The van der Waals surface area contributed by atoms with E-state index in [1.807, 2.05) is 26.1 Å². The minimum Gasteiger partial charge on any atom is -0.381 e. The van der Waals surface area contributed by atoms with Gasteiger partial charge in [-0.2, -0.15) is 0 Å². The monoisotopic (exact) mass is 581 g/mol. The van der Waals surface area contributed by atoms with E-state index in [9.17, 15) is 4.79 Å². The number of benzene rings is 2. The predicted octanol–water partition coefficient (Wildman–Crippen LogP) is 5.66. The van der Waals surface area contributed by atoms with Gasteiger partial charge in [0.1, 0.15) is 5.82 Å². The maximum absolute atomic E-state index is 12.8. The lowest BCUT2D eigenvalue weighted by Crippen LogP contribution is -2.39. The molecular formula is C35H43N5O3. The molecule has 2 aromatic heterocycles. The Morgan fingerprint density at radius 3 is 2.42 bits per heavy atom. The fraction of sp³-hybridized carbons (Fsp3) is 0.429. The minimum absolute atomic E-state index is 0.0551. The van der Waals surface area contributed by atoms with E-state index < -0.39 is 0 Å². The van der Waals surface area contributed by atoms with E-state index in [0.717, 1.165) is 104 Å². The SMILES string of the molecule is CCN(c1cc(-c2ccc(CN3CCOCC3)cc2)cc2c(NCc3c(C)cc(C)[nH]c3=O)nccc12)C1CCOCC1. The Hall–Kier alpha value is -3.72. The summed E-state index contributed by atoms with van der Waals surface area (Å²) in [7, 11) is 0. The molecule has 6 rings (SSSR count). The molecule has 0 atom stereocenters. The lowest BCUT2D eigenvalue weighted by Gasteiger charge is -2.36. The van der Waals surface area contributed by atoms with Gasteiger partial charge in [-0.1, -0.05) is 24.3 Å². The summed E-state index contributed by atoms with van der Waals surface area (Å²) in [5.74, 6) is 0.784. The van der Waals surface area contributed by atoms with E-state index in [1.54, 1.807) is 0 Å². The van der Waals surface area contributed by atoms with Gasteiger partial charge < -0.3 is 24.7 Å². The largest absolute Gasteiger partial charge is 0.381 e. The second-order valence-corrected chi connectivity index (χ2v) is 11.8. The van der Waals surface area contributed by atoms with Gasteiger partial charge in [-0.05, 0) is 80.1 Å². The number of morpholine rings is 1. The summed E-state index contributed by atoms with van der Waals surface area (Å²) in [6, 6.07) is 18.1. The third-order valence-corrected chi connectivity index (χ3v) is 8.86. The van der Waals surface area contributed by atoms with Crippen LogP contribution >= 0.6 is 0 Å². The van der Waals surface area contributed by atoms with Crippen LogP contribution in [0, 0.1) is 13.8 Å². The van der Waals surface area contributed by atoms with Crippen LogP contribution in [-0.4, -0.2) is 67.0 Å². The first-order valence-electron chi connectivity index (χ1n) is 15.6. The van der Waals surface area contributed by atoms with Crippen molar-refractivity contribution in [1.29, 1.82) is 0 Å². The van der Waals surface area contributed by atoms with Crippen LogP contribution in [0.3, 0.4) is 0 Å². The molecule has 2 fully saturated rings. The number of nitrogens with one attached hydrogen (secondary N) is 2. The van der Waals surface area contributed by atoms with Gasteiger partial charge in [0.2, 0.25) is 0 Å². The molecule has 4 aromatic rings. The molecule has 0 amide bonds. The molecule has 2 N–H and O–H groups in total. The lowest BCUT2D eigenvalue weighted by atomic mass is 9.97. The Bertz CT molecular complexity index is 1600. The molecular weight excluding hydrogens is 538 g/mol. The summed E-state index contributed by atoms with van der Waals surface area (Å²) in [4.78, 5) is 25.5. The first-order valence-corrected chi connectivity index (χ1v) is 15.6. The highest BCUT2D eigenvalue weighted by Crippen LogP contribution is 2.38. The first-order chi connectivity index (χ1) is 21.0. The normalized spacial score (nSPS) is 16.4. The number of ether oxygens (including phenoxy) is 2. The zero-order chi connectivity index (χ0) is 29.8. The van der Waals surface area contributed by atoms with E-state index >= 15 is 0 Å². The van der Waals surface area contributed by atoms with Gasteiger partial charge in [-0.25, -0.2) is 4.98 Å². The van der Waals surface area contributed by atoms with Crippen molar-refractivity contribution in [3.05, 3.63) is 87.5 Å². The number of H-pyrrole nitrogens is 1. The molecule has 8 nitrogen and oxygen atoms in total. The molecule has 2 aliphatic heterocycles. The van der Waals surface area contributed by atoms with Crippen LogP contribution in [0.25, 0.3) is 21.9 Å². The number of nitrogens with zero attached hydrogens (tertiary/aromatic N) is 3. The number of hydrogen-bond acceptors (Lipinski definition) is 7. The van der Waals surface area contributed by atoms with Crippen LogP contribution in [0.1, 0.15) is 42.1 Å². The molecule has 0 bridgehead atoms. The smallest absolute Gasteiger partial charge is 0.253 e. The fourth-order valence-electron chi connectivity index (χ4n) is 6.53. The summed E-state index contributed by atoms with van der Waals surface area (Å²) in [6.07, 6.45) is 3.90. The molecule has 4 heterocycles. The quantitative estimate of drug-likeness (QED) is 0.264. The maximum atomic E-state index is 12.8. The average Bonchev–Trinajstić information content (AvgIpc) is 3.02. The molecule has 8 heteroatoms. The average molecular weight is 582 g/mol. The fourth-order valence-corrected chi connectivity index (χ4v) is 6.53. The second kappa shape index (κ2) is 13.3. The zero-order valence-electron chi connectivity index (χ0n) is 25.6. The molecule has 2 saturated heterocycles. The van der Waals surface area contributed by atoms with Crippen molar-refractivity contribution < 1.29 is 9.47 Å². The van der Waals surface area contributed by atoms with Crippen molar-refractivity contribution in [1.82, 2.24) is 14.9 Å². The van der Waals surface area contributed by atoms with Crippen LogP contribution in [0.4, 0.5) is 11.5 Å². The second-order valence-electron chi connectivity index (χ2n) is 11.8. The van der Waals surface area contributed by atoms with E-state index in [4.69, 9.17) is 14.5 Å². The Balaban J connectivity index is 1.38. The van der Waals surface area contributed by atoms with E-state index in [2.05, 4.69) is 69.5 Å². The van der Waals surface area contributed by atoms with Gasteiger partial charge in [0.25, 0.3) is 5.56 Å². The molecule has 0 unspecified atom stereocenters. The molecule has 0 radical (unpaired) electrons. The Morgan fingerprint density at radius 2 is 1.70 bits per heavy atom. The number of hydrogen-bond donors (Lipinski definition) is 2. The van der Waals surface area contributed by atoms with Crippen LogP contribution < -0.4 is 15.8 Å². The molecule has 2 aromatic carbocycles. The van der Waals surface area contributed by atoms with Gasteiger partial charge in [0.05, 0.1) is 13.2 Å². The van der Waals surface area contributed by atoms with Crippen molar-refractivity contribution in [3.63, 3.8) is 0 Å². The van der Waals surface area contributed by atoms with Crippen LogP contribution in [0.5, 0.6) is 0 Å². The number of aromatic nitrogens is 2. The van der Waals surface area contributed by atoms with E-state index in [1.165, 1.54) is 16.8 Å². The number of aryl methyl sites for hydroxylation is 2. The van der Waals surface area contributed by atoms with Crippen molar-refractivity contribution in [2.24, 2.45) is 0 Å². The third-order valence-electron chi connectivity index (χ3n) is 8.86. The van der Waals surface area contributed by atoms with Gasteiger partial charge in [0.15, 0.2) is 0 Å². The molecule has 0 spiro atoms. The number of pyridine rings is 2. The highest BCUT2D eigenvalue weighted by Gasteiger charge is 2.24. The topological polar surface area (TPSA) is 82.7 Å². The van der Waals surface area contributed by atoms with Gasteiger partial charge in [-0.3, -0.25) is 9.69 Å². The Labute approximate surface area is 254 Å². The highest BCUT2D eigenvalue weighted by atomic mass is 16.5. The van der Waals surface area contributed by atoms with Crippen LogP contribution in [-0.2, 0) is 22.6 Å². The molecule has 0 saturated carbocycles. The molecule has 226 valence electrons. The highest BCUT2D eigenvalue weighted by molar-refractivity contribution is 6.03. The van der Waals surface area contributed by atoms with Gasteiger partial charge in [0, 0.05) is 85.9 Å². The van der Waals surface area contributed by atoms with Gasteiger partial charge >= 0.3 is 0 Å². The Morgan fingerprint density at radius 1 is 0.953 bits per heavy atom. The predicted molar refractivity (Wildman–Crippen MR) is 174 cm³/mol. The van der Waals surface area contributed by atoms with Crippen molar-refractivity contribution in [2.75, 3.05) is 56.3 Å². The third kappa shape index (κ3) is 6.61. The summed E-state index contributed by atoms with van der Waals surface area (Å²) in [6.45, 7) is 13.5. The number of anilines is 2.